The molecule has 1 aromatic carbocycles. The smallest absolute Gasteiger partial charge is 0.0983 e. The highest BCUT2D eigenvalue weighted by atomic mass is 16.5. The topological polar surface area (TPSA) is 38.7 Å². The molecule has 1 aromatic rings. The number of ether oxygens (including phenoxy) is 2. The minimum absolute atomic E-state index is 0.444. The Kier molecular flexibility index (Phi) is 4.38. The molecule has 3 heteroatoms. The number of hydrogen-bond acceptors (Lipinski definition) is 3. The van der Waals surface area contributed by atoms with E-state index in [1.54, 1.807) is 7.11 Å². The molecule has 1 atom stereocenters. The molecule has 0 amide bonds. The molecule has 100 valence electrons. The highest BCUT2D eigenvalue weighted by molar-refractivity contribution is 5.26. The third-order valence-electron chi connectivity index (χ3n) is 4.03. The van der Waals surface area contributed by atoms with Gasteiger partial charge in [-0.15, -0.1) is 0 Å². The Balaban J connectivity index is 2.10. The number of aliphatic hydroxyl groups is 1. The van der Waals surface area contributed by atoms with E-state index in [4.69, 9.17) is 9.47 Å². The molecule has 1 aliphatic heterocycles. The van der Waals surface area contributed by atoms with Crippen LogP contribution in [0.3, 0.4) is 0 Å². The fraction of sp³-hybridized carbons (Fsp3) is 0.600. The Morgan fingerprint density at radius 3 is 2.61 bits per heavy atom. The van der Waals surface area contributed by atoms with E-state index in [9.17, 15) is 5.11 Å². The van der Waals surface area contributed by atoms with Crippen molar-refractivity contribution in [1.82, 2.24) is 0 Å². The number of aliphatic hydroxyl groups excluding tert-OH is 1. The first-order chi connectivity index (χ1) is 8.68. The van der Waals surface area contributed by atoms with E-state index in [1.807, 2.05) is 12.1 Å². The molecule has 3 nitrogen and oxygen atoms in total. The lowest BCUT2D eigenvalue weighted by Gasteiger charge is -2.40. The normalized spacial score (nSPS) is 20.6. The van der Waals surface area contributed by atoms with Crippen molar-refractivity contribution in [1.29, 1.82) is 0 Å². The summed E-state index contributed by atoms with van der Waals surface area (Å²) in [7, 11) is 1.69. The standard InChI is InChI=1S/C15H22O3/c1-12-5-3-4-6-13(12)11-14(16)15(17-2)7-9-18-10-8-15/h3-6,14,16H,7-11H2,1-2H3. The van der Waals surface area contributed by atoms with Gasteiger partial charge in [-0.05, 0) is 18.1 Å². The molecule has 1 saturated heterocycles. The first-order valence-corrected chi connectivity index (χ1v) is 6.53. The molecule has 1 aliphatic rings. The van der Waals surface area contributed by atoms with Gasteiger partial charge in [0, 0.05) is 39.6 Å². The Bertz CT molecular complexity index is 383. The Morgan fingerprint density at radius 1 is 1.33 bits per heavy atom. The van der Waals surface area contributed by atoms with Gasteiger partial charge in [0.25, 0.3) is 0 Å². The lowest BCUT2D eigenvalue weighted by Crippen LogP contribution is -2.49. The summed E-state index contributed by atoms with van der Waals surface area (Å²) in [6.45, 7) is 3.41. The van der Waals surface area contributed by atoms with Gasteiger partial charge in [-0.25, -0.2) is 0 Å². The first kappa shape index (κ1) is 13.5. The molecule has 2 rings (SSSR count). The molecule has 0 aliphatic carbocycles. The Morgan fingerprint density at radius 2 is 2.00 bits per heavy atom. The van der Waals surface area contributed by atoms with Gasteiger partial charge in [-0.2, -0.15) is 0 Å². The van der Waals surface area contributed by atoms with E-state index >= 15 is 0 Å². The summed E-state index contributed by atoms with van der Waals surface area (Å²) in [5, 5.41) is 10.5. The lowest BCUT2D eigenvalue weighted by molar-refractivity contribution is -0.151. The number of methoxy groups -OCH3 is 1. The van der Waals surface area contributed by atoms with Gasteiger partial charge >= 0.3 is 0 Å². The number of aryl methyl sites for hydroxylation is 1. The van der Waals surface area contributed by atoms with Crippen LogP contribution in [0, 0.1) is 6.92 Å². The maximum Gasteiger partial charge on any atom is 0.0983 e. The third-order valence-corrected chi connectivity index (χ3v) is 4.03. The van der Waals surface area contributed by atoms with Crippen LogP contribution in [0.1, 0.15) is 24.0 Å². The number of benzene rings is 1. The second-order valence-corrected chi connectivity index (χ2v) is 5.03. The summed E-state index contributed by atoms with van der Waals surface area (Å²) >= 11 is 0. The molecule has 18 heavy (non-hydrogen) atoms. The van der Waals surface area contributed by atoms with Crippen molar-refractivity contribution in [2.24, 2.45) is 0 Å². The fourth-order valence-electron chi connectivity index (χ4n) is 2.62. The van der Waals surface area contributed by atoms with Gasteiger partial charge in [0.05, 0.1) is 11.7 Å². The van der Waals surface area contributed by atoms with E-state index in [0.717, 1.165) is 12.8 Å². The van der Waals surface area contributed by atoms with Crippen LogP contribution in [0.15, 0.2) is 24.3 Å². The van der Waals surface area contributed by atoms with Crippen LogP contribution in [-0.4, -0.2) is 37.1 Å². The van der Waals surface area contributed by atoms with Gasteiger partial charge in [-0.3, -0.25) is 0 Å². The summed E-state index contributed by atoms with van der Waals surface area (Å²) < 4.78 is 11.0. The zero-order valence-electron chi connectivity index (χ0n) is 11.2. The minimum Gasteiger partial charge on any atom is -0.390 e. The highest BCUT2D eigenvalue weighted by Gasteiger charge is 2.39. The molecule has 1 unspecified atom stereocenters. The predicted octanol–water partition coefficient (Wildman–Crippen LogP) is 2.09. The zero-order chi connectivity index (χ0) is 13.0. The molecule has 0 bridgehead atoms. The summed E-state index contributed by atoms with van der Waals surface area (Å²) in [6.07, 6.45) is 1.68. The summed E-state index contributed by atoms with van der Waals surface area (Å²) in [6, 6.07) is 8.18. The van der Waals surface area contributed by atoms with E-state index in [-0.39, 0.29) is 0 Å². The zero-order valence-corrected chi connectivity index (χ0v) is 11.2. The molecule has 1 fully saturated rings. The van der Waals surface area contributed by atoms with E-state index < -0.39 is 11.7 Å². The highest BCUT2D eigenvalue weighted by Crippen LogP contribution is 2.30. The molecule has 0 spiro atoms. The molecular weight excluding hydrogens is 228 g/mol. The van der Waals surface area contributed by atoms with Crippen LogP contribution in [0.25, 0.3) is 0 Å². The van der Waals surface area contributed by atoms with Crippen molar-refractivity contribution >= 4 is 0 Å². The van der Waals surface area contributed by atoms with Crippen LogP contribution in [0.4, 0.5) is 0 Å². The van der Waals surface area contributed by atoms with Gasteiger partial charge in [0.2, 0.25) is 0 Å². The van der Waals surface area contributed by atoms with Crippen molar-refractivity contribution in [3.05, 3.63) is 35.4 Å². The summed E-state index contributed by atoms with van der Waals surface area (Å²) in [5.41, 5.74) is 1.96. The van der Waals surface area contributed by atoms with Crippen molar-refractivity contribution in [3.63, 3.8) is 0 Å². The Hall–Kier alpha value is -0.900. The van der Waals surface area contributed by atoms with Crippen LogP contribution in [0.2, 0.25) is 0 Å². The summed E-state index contributed by atoms with van der Waals surface area (Å²) in [4.78, 5) is 0. The number of hydrogen-bond donors (Lipinski definition) is 1. The largest absolute Gasteiger partial charge is 0.390 e. The second-order valence-electron chi connectivity index (χ2n) is 5.03. The van der Waals surface area contributed by atoms with Crippen molar-refractivity contribution in [3.8, 4) is 0 Å². The third kappa shape index (κ3) is 2.74. The first-order valence-electron chi connectivity index (χ1n) is 6.53. The second kappa shape index (κ2) is 5.83. The van der Waals surface area contributed by atoms with E-state index in [0.29, 0.717) is 19.6 Å². The average molecular weight is 250 g/mol. The van der Waals surface area contributed by atoms with Gasteiger partial charge < -0.3 is 14.6 Å². The maximum atomic E-state index is 10.5. The van der Waals surface area contributed by atoms with Crippen LogP contribution in [-0.2, 0) is 15.9 Å². The monoisotopic (exact) mass is 250 g/mol. The molecule has 0 saturated carbocycles. The maximum absolute atomic E-state index is 10.5. The average Bonchev–Trinajstić information content (AvgIpc) is 2.42. The van der Waals surface area contributed by atoms with Crippen molar-refractivity contribution < 1.29 is 14.6 Å². The Labute approximate surface area is 109 Å². The van der Waals surface area contributed by atoms with Gasteiger partial charge in [0.1, 0.15) is 0 Å². The molecule has 0 aromatic heterocycles. The summed E-state index contributed by atoms with van der Waals surface area (Å²) in [5.74, 6) is 0. The fourth-order valence-corrected chi connectivity index (χ4v) is 2.62. The number of rotatable bonds is 4. The van der Waals surface area contributed by atoms with Crippen molar-refractivity contribution in [2.45, 2.75) is 37.9 Å². The minimum atomic E-state index is -0.479. The molecule has 0 radical (unpaired) electrons. The molecular formula is C15H22O3. The SMILES string of the molecule is COC1(C(O)Cc2ccccc2C)CCOCC1. The van der Waals surface area contributed by atoms with Crippen LogP contribution >= 0.6 is 0 Å². The lowest BCUT2D eigenvalue weighted by atomic mass is 9.84. The quantitative estimate of drug-likeness (QED) is 0.889. The van der Waals surface area contributed by atoms with Crippen LogP contribution < -0.4 is 0 Å². The van der Waals surface area contributed by atoms with Crippen LogP contribution in [0.5, 0.6) is 0 Å². The van der Waals surface area contributed by atoms with Gasteiger partial charge in [-0.1, -0.05) is 24.3 Å². The van der Waals surface area contributed by atoms with E-state index in [2.05, 4.69) is 19.1 Å². The van der Waals surface area contributed by atoms with Gasteiger partial charge in [0.15, 0.2) is 0 Å². The van der Waals surface area contributed by atoms with E-state index in [1.165, 1.54) is 11.1 Å². The van der Waals surface area contributed by atoms with Crippen molar-refractivity contribution in [2.75, 3.05) is 20.3 Å². The molecule has 1 heterocycles. The predicted molar refractivity (Wildman–Crippen MR) is 70.7 cm³/mol. The molecule has 1 N–H and O–H groups in total.